The molecule has 1 aliphatic heterocycles. The molecule has 0 radical (unpaired) electrons. The minimum atomic E-state index is -0.212. The van der Waals surface area contributed by atoms with Crippen molar-refractivity contribution in [2.75, 3.05) is 18.0 Å². The highest BCUT2D eigenvalue weighted by Crippen LogP contribution is 2.29. The van der Waals surface area contributed by atoms with Gasteiger partial charge in [0.1, 0.15) is 0 Å². The Balaban J connectivity index is 2.17. The van der Waals surface area contributed by atoms with E-state index in [0.717, 1.165) is 30.2 Å². The van der Waals surface area contributed by atoms with E-state index >= 15 is 0 Å². The SMILES string of the molecule is CC(C)NCc1ccc(Cl)cc1N1CCC(C(N)=O)C1. The van der Waals surface area contributed by atoms with E-state index in [1.165, 1.54) is 5.56 Å². The van der Waals surface area contributed by atoms with Crippen molar-refractivity contribution < 1.29 is 4.79 Å². The molecule has 5 heteroatoms. The quantitative estimate of drug-likeness (QED) is 0.875. The van der Waals surface area contributed by atoms with Crippen molar-refractivity contribution in [3.63, 3.8) is 0 Å². The Kier molecular flexibility index (Phi) is 4.89. The standard InChI is InChI=1S/C15H22ClN3O/c1-10(2)18-8-11-3-4-13(16)7-14(11)19-6-5-12(9-19)15(17)20/h3-4,7,10,12,18H,5-6,8-9H2,1-2H3,(H2,17,20). The zero-order chi connectivity index (χ0) is 14.7. The molecule has 1 saturated heterocycles. The number of amides is 1. The number of nitrogens with zero attached hydrogens (tertiary/aromatic N) is 1. The van der Waals surface area contributed by atoms with Gasteiger partial charge in [-0.1, -0.05) is 31.5 Å². The molecule has 20 heavy (non-hydrogen) atoms. The lowest BCUT2D eigenvalue weighted by atomic mass is 10.1. The first-order valence-corrected chi connectivity index (χ1v) is 7.41. The van der Waals surface area contributed by atoms with Crippen LogP contribution < -0.4 is 16.0 Å². The second kappa shape index (κ2) is 6.46. The molecule has 1 aromatic rings. The fourth-order valence-electron chi connectivity index (χ4n) is 2.51. The summed E-state index contributed by atoms with van der Waals surface area (Å²) in [5.74, 6) is -0.267. The number of primary amides is 1. The molecule has 1 fully saturated rings. The van der Waals surface area contributed by atoms with Crippen molar-refractivity contribution in [2.45, 2.75) is 32.9 Å². The van der Waals surface area contributed by atoms with Crippen molar-refractivity contribution in [3.05, 3.63) is 28.8 Å². The smallest absolute Gasteiger partial charge is 0.222 e. The molecule has 0 bridgehead atoms. The molecule has 0 aromatic heterocycles. The fourth-order valence-corrected chi connectivity index (χ4v) is 2.67. The van der Waals surface area contributed by atoms with E-state index in [9.17, 15) is 4.79 Å². The first kappa shape index (κ1) is 15.1. The van der Waals surface area contributed by atoms with Crippen LogP contribution in [-0.2, 0) is 11.3 Å². The lowest BCUT2D eigenvalue weighted by Gasteiger charge is -2.23. The molecule has 1 atom stereocenters. The van der Waals surface area contributed by atoms with Crippen LogP contribution in [0.1, 0.15) is 25.8 Å². The number of hydrogen-bond donors (Lipinski definition) is 2. The molecular weight excluding hydrogens is 274 g/mol. The average molecular weight is 296 g/mol. The third-order valence-corrected chi connectivity index (χ3v) is 3.91. The average Bonchev–Trinajstić information content (AvgIpc) is 2.86. The summed E-state index contributed by atoms with van der Waals surface area (Å²) in [7, 11) is 0. The van der Waals surface area contributed by atoms with Crippen LogP contribution in [0.25, 0.3) is 0 Å². The molecule has 1 amide bonds. The van der Waals surface area contributed by atoms with Crippen molar-refractivity contribution in [1.82, 2.24) is 5.32 Å². The predicted molar refractivity (Wildman–Crippen MR) is 82.9 cm³/mol. The number of carbonyl (C=O) groups is 1. The van der Waals surface area contributed by atoms with E-state index in [-0.39, 0.29) is 11.8 Å². The summed E-state index contributed by atoms with van der Waals surface area (Å²) in [6.45, 7) is 6.57. The Morgan fingerprint density at radius 2 is 2.30 bits per heavy atom. The number of halogens is 1. The number of nitrogens with two attached hydrogens (primary N) is 1. The monoisotopic (exact) mass is 295 g/mol. The van der Waals surface area contributed by atoms with Crippen molar-refractivity contribution >= 4 is 23.2 Å². The first-order chi connectivity index (χ1) is 9.47. The van der Waals surface area contributed by atoms with Crippen LogP contribution >= 0.6 is 11.6 Å². The summed E-state index contributed by atoms with van der Waals surface area (Å²) >= 11 is 6.12. The molecule has 0 saturated carbocycles. The fraction of sp³-hybridized carbons (Fsp3) is 0.533. The van der Waals surface area contributed by atoms with Gasteiger partial charge in [-0.05, 0) is 24.1 Å². The van der Waals surface area contributed by atoms with Gasteiger partial charge in [-0.15, -0.1) is 0 Å². The summed E-state index contributed by atoms with van der Waals surface area (Å²) in [5, 5.41) is 4.14. The van der Waals surface area contributed by atoms with Gasteiger partial charge in [0.05, 0.1) is 5.92 Å². The maximum absolute atomic E-state index is 11.3. The molecule has 1 aliphatic rings. The van der Waals surface area contributed by atoms with Crippen LogP contribution in [0.2, 0.25) is 5.02 Å². The molecule has 110 valence electrons. The third-order valence-electron chi connectivity index (χ3n) is 3.68. The van der Waals surface area contributed by atoms with Gasteiger partial charge in [0.2, 0.25) is 5.91 Å². The van der Waals surface area contributed by atoms with E-state index in [4.69, 9.17) is 17.3 Å². The van der Waals surface area contributed by atoms with Crippen LogP contribution in [0.4, 0.5) is 5.69 Å². The maximum Gasteiger partial charge on any atom is 0.222 e. The number of hydrogen-bond acceptors (Lipinski definition) is 3. The normalized spacial score (nSPS) is 18.8. The van der Waals surface area contributed by atoms with Gasteiger partial charge >= 0.3 is 0 Å². The van der Waals surface area contributed by atoms with Gasteiger partial charge in [0.25, 0.3) is 0 Å². The van der Waals surface area contributed by atoms with Gasteiger partial charge in [-0.2, -0.15) is 0 Å². The number of anilines is 1. The van der Waals surface area contributed by atoms with Crippen LogP contribution in [0.15, 0.2) is 18.2 Å². The summed E-state index contributed by atoms with van der Waals surface area (Å²) in [4.78, 5) is 13.5. The molecule has 3 N–H and O–H groups in total. The van der Waals surface area contributed by atoms with E-state index in [1.54, 1.807) is 0 Å². The summed E-state index contributed by atoms with van der Waals surface area (Å²) in [6.07, 6.45) is 0.818. The minimum Gasteiger partial charge on any atom is -0.370 e. The number of carbonyl (C=O) groups excluding carboxylic acids is 1. The summed E-state index contributed by atoms with van der Waals surface area (Å²) < 4.78 is 0. The van der Waals surface area contributed by atoms with E-state index in [1.807, 2.05) is 18.2 Å². The van der Waals surface area contributed by atoms with E-state index in [0.29, 0.717) is 12.6 Å². The van der Waals surface area contributed by atoms with E-state index < -0.39 is 0 Å². The second-order valence-corrected chi connectivity index (χ2v) is 6.08. The Bertz CT molecular complexity index is 490. The number of nitrogens with one attached hydrogen (secondary N) is 1. The molecule has 0 spiro atoms. The Labute approximate surface area is 125 Å². The molecular formula is C15H22ClN3O. The van der Waals surface area contributed by atoms with Crippen LogP contribution in [0.5, 0.6) is 0 Å². The van der Waals surface area contributed by atoms with Crippen LogP contribution in [0.3, 0.4) is 0 Å². The number of rotatable bonds is 5. The number of benzene rings is 1. The molecule has 0 aliphatic carbocycles. The molecule has 1 aromatic carbocycles. The first-order valence-electron chi connectivity index (χ1n) is 7.03. The summed E-state index contributed by atoms with van der Waals surface area (Å²) in [6, 6.07) is 6.35. The van der Waals surface area contributed by atoms with Gasteiger partial charge in [-0.25, -0.2) is 0 Å². The van der Waals surface area contributed by atoms with E-state index in [2.05, 4.69) is 24.1 Å². The highest BCUT2D eigenvalue weighted by Gasteiger charge is 2.27. The third kappa shape index (κ3) is 3.64. The zero-order valence-electron chi connectivity index (χ0n) is 12.0. The molecule has 2 rings (SSSR count). The Morgan fingerprint density at radius 1 is 1.55 bits per heavy atom. The Hall–Kier alpha value is -1.26. The van der Waals surface area contributed by atoms with Crippen molar-refractivity contribution in [3.8, 4) is 0 Å². The highest BCUT2D eigenvalue weighted by atomic mass is 35.5. The predicted octanol–water partition coefficient (Wildman–Crippen LogP) is 2.15. The van der Waals surface area contributed by atoms with Gasteiger partial charge < -0.3 is 16.0 Å². The summed E-state index contributed by atoms with van der Waals surface area (Å²) in [5.41, 5.74) is 7.71. The van der Waals surface area contributed by atoms with Gasteiger partial charge in [0, 0.05) is 36.4 Å². The van der Waals surface area contributed by atoms with Gasteiger partial charge in [0.15, 0.2) is 0 Å². The molecule has 1 unspecified atom stereocenters. The van der Waals surface area contributed by atoms with Crippen molar-refractivity contribution in [2.24, 2.45) is 11.7 Å². The Morgan fingerprint density at radius 3 is 2.90 bits per heavy atom. The minimum absolute atomic E-state index is 0.0557. The zero-order valence-corrected chi connectivity index (χ0v) is 12.8. The lowest BCUT2D eigenvalue weighted by molar-refractivity contribution is -0.121. The second-order valence-electron chi connectivity index (χ2n) is 5.64. The molecule has 4 nitrogen and oxygen atoms in total. The molecule has 1 heterocycles. The highest BCUT2D eigenvalue weighted by molar-refractivity contribution is 6.30. The van der Waals surface area contributed by atoms with Crippen molar-refractivity contribution in [1.29, 1.82) is 0 Å². The van der Waals surface area contributed by atoms with Crippen LogP contribution in [0, 0.1) is 5.92 Å². The van der Waals surface area contributed by atoms with Gasteiger partial charge in [-0.3, -0.25) is 4.79 Å². The maximum atomic E-state index is 11.3. The largest absolute Gasteiger partial charge is 0.370 e. The van der Waals surface area contributed by atoms with Crippen LogP contribution in [-0.4, -0.2) is 25.0 Å². The lowest BCUT2D eigenvalue weighted by Crippen LogP contribution is -2.28. The topological polar surface area (TPSA) is 58.4 Å².